The van der Waals surface area contributed by atoms with Crippen LogP contribution in [0.3, 0.4) is 0 Å². The predicted octanol–water partition coefficient (Wildman–Crippen LogP) is 2.67. The lowest BCUT2D eigenvalue weighted by atomic mass is 9.98. The third-order valence-electron chi connectivity index (χ3n) is 2.78. The zero-order chi connectivity index (χ0) is 10.4. The Labute approximate surface area is 85.4 Å². The van der Waals surface area contributed by atoms with Gasteiger partial charge >= 0.3 is 0 Å². The van der Waals surface area contributed by atoms with Crippen LogP contribution < -0.4 is 0 Å². The quantitative estimate of drug-likeness (QED) is 0.383. The van der Waals surface area contributed by atoms with Crippen molar-refractivity contribution in [1.29, 1.82) is 0 Å². The molecule has 1 atom stereocenters. The van der Waals surface area contributed by atoms with Gasteiger partial charge in [-0.3, -0.25) is 4.79 Å². The van der Waals surface area contributed by atoms with Gasteiger partial charge in [0.05, 0.1) is 0 Å². The van der Waals surface area contributed by atoms with Crippen molar-refractivity contribution < 1.29 is 9.59 Å². The van der Waals surface area contributed by atoms with Crippen molar-refractivity contribution in [1.82, 2.24) is 0 Å². The summed E-state index contributed by atoms with van der Waals surface area (Å²) in [5, 5.41) is 0. The number of aldehydes is 1. The van der Waals surface area contributed by atoms with Gasteiger partial charge in [-0.2, -0.15) is 0 Å². The Hall–Kier alpha value is -0.920. The first-order valence-corrected chi connectivity index (χ1v) is 5.46. The standard InChI is InChI=1S/C12H18O2/c1-2-3-4-5-11-10(8-9-13)6-7-12(11)14/h5,9-10H,2-4,6-8H2,1H3/b11-5-/t10-/m0/s1. The van der Waals surface area contributed by atoms with Crippen molar-refractivity contribution in [2.45, 2.75) is 45.4 Å². The molecule has 0 heterocycles. The Bertz CT molecular complexity index is 241. The van der Waals surface area contributed by atoms with E-state index in [9.17, 15) is 9.59 Å². The van der Waals surface area contributed by atoms with Gasteiger partial charge < -0.3 is 4.79 Å². The third kappa shape index (κ3) is 2.79. The van der Waals surface area contributed by atoms with E-state index in [-0.39, 0.29) is 11.7 Å². The molecule has 78 valence electrons. The second kappa shape index (κ2) is 5.74. The highest BCUT2D eigenvalue weighted by Crippen LogP contribution is 2.30. The summed E-state index contributed by atoms with van der Waals surface area (Å²) < 4.78 is 0. The van der Waals surface area contributed by atoms with Gasteiger partial charge in [0, 0.05) is 12.8 Å². The highest BCUT2D eigenvalue weighted by atomic mass is 16.1. The molecule has 0 amide bonds. The van der Waals surface area contributed by atoms with Gasteiger partial charge in [0.1, 0.15) is 6.29 Å². The van der Waals surface area contributed by atoms with Crippen molar-refractivity contribution in [3.63, 3.8) is 0 Å². The molecular formula is C12H18O2. The highest BCUT2D eigenvalue weighted by molar-refractivity contribution is 5.98. The second-order valence-corrected chi connectivity index (χ2v) is 3.86. The summed E-state index contributed by atoms with van der Waals surface area (Å²) in [6.45, 7) is 2.14. The molecule has 1 rings (SSSR count). The number of Topliss-reactive ketones (excluding diaryl/α,β-unsaturated/α-hetero) is 1. The van der Waals surface area contributed by atoms with Crippen LogP contribution in [0.4, 0.5) is 0 Å². The fraction of sp³-hybridized carbons (Fsp3) is 0.667. The number of allylic oxidation sites excluding steroid dienone is 2. The van der Waals surface area contributed by atoms with Crippen LogP contribution in [0.15, 0.2) is 11.6 Å². The summed E-state index contributed by atoms with van der Waals surface area (Å²) in [4.78, 5) is 21.9. The average molecular weight is 194 g/mol. The van der Waals surface area contributed by atoms with E-state index in [0.717, 1.165) is 37.5 Å². The Balaban J connectivity index is 2.56. The lowest BCUT2D eigenvalue weighted by Crippen LogP contribution is -2.02. The topological polar surface area (TPSA) is 34.1 Å². The fourth-order valence-corrected chi connectivity index (χ4v) is 1.94. The highest BCUT2D eigenvalue weighted by Gasteiger charge is 2.27. The Morgan fingerprint density at radius 1 is 1.50 bits per heavy atom. The molecule has 0 aliphatic heterocycles. The minimum Gasteiger partial charge on any atom is -0.303 e. The van der Waals surface area contributed by atoms with Crippen LogP contribution in [-0.4, -0.2) is 12.1 Å². The maximum Gasteiger partial charge on any atom is 0.158 e. The molecule has 0 N–H and O–H groups in total. The molecule has 0 spiro atoms. The van der Waals surface area contributed by atoms with Gasteiger partial charge in [0.2, 0.25) is 0 Å². The monoisotopic (exact) mass is 194 g/mol. The smallest absolute Gasteiger partial charge is 0.158 e. The molecule has 0 aromatic heterocycles. The summed E-state index contributed by atoms with van der Waals surface area (Å²) in [5.74, 6) is 0.477. The van der Waals surface area contributed by atoms with E-state index in [1.807, 2.05) is 6.08 Å². The molecular weight excluding hydrogens is 176 g/mol. The minimum atomic E-state index is 0.219. The molecule has 2 heteroatoms. The summed E-state index contributed by atoms with van der Waals surface area (Å²) in [6, 6.07) is 0. The molecule has 14 heavy (non-hydrogen) atoms. The zero-order valence-corrected chi connectivity index (χ0v) is 8.79. The first kappa shape index (κ1) is 11.2. The van der Waals surface area contributed by atoms with Crippen LogP contribution >= 0.6 is 0 Å². The molecule has 0 bridgehead atoms. The van der Waals surface area contributed by atoms with E-state index >= 15 is 0 Å². The number of rotatable bonds is 5. The van der Waals surface area contributed by atoms with Crippen molar-refractivity contribution in [3.05, 3.63) is 11.6 Å². The van der Waals surface area contributed by atoms with Crippen molar-refractivity contribution >= 4 is 12.1 Å². The molecule has 1 aliphatic carbocycles. The Kier molecular flexibility index (Phi) is 4.57. The lowest BCUT2D eigenvalue weighted by Gasteiger charge is -2.05. The molecule has 0 aromatic rings. The Morgan fingerprint density at radius 2 is 2.29 bits per heavy atom. The number of ketones is 1. The van der Waals surface area contributed by atoms with E-state index in [1.54, 1.807) is 0 Å². The van der Waals surface area contributed by atoms with Gasteiger partial charge in [0.15, 0.2) is 5.78 Å². The van der Waals surface area contributed by atoms with Crippen LogP contribution in [0, 0.1) is 5.92 Å². The third-order valence-corrected chi connectivity index (χ3v) is 2.78. The normalized spacial score (nSPS) is 24.5. The van der Waals surface area contributed by atoms with Crippen LogP contribution in [-0.2, 0) is 9.59 Å². The van der Waals surface area contributed by atoms with Crippen LogP contribution in [0.1, 0.15) is 45.4 Å². The van der Waals surface area contributed by atoms with Gasteiger partial charge in [0.25, 0.3) is 0 Å². The fourth-order valence-electron chi connectivity index (χ4n) is 1.94. The molecule has 0 radical (unpaired) electrons. The largest absolute Gasteiger partial charge is 0.303 e. The molecule has 1 aliphatic rings. The summed E-state index contributed by atoms with van der Waals surface area (Å²) in [7, 11) is 0. The lowest BCUT2D eigenvalue weighted by molar-refractivity contribution is -0.114. The summed E-state index contributed by atoms with van der Waals surface area (Å²) >= 11 is 0. The van der Waals surface area contributed by atoms with Gasteiger partial charge in [-0.1, -0.05) is 25.8 Å². The van der Waals surface area contributed by atoms with Gasteiger partial charge in [-0.15, -0.1) is 0 Å². The number of hydrogen-bond donors (Lipinski definition) is 0. The first-order chi connectivity index (χ1) is 6.79. The number of carbonyl (C=O) groups excluding carboxylic acids is 2. The van der Waals surface area contributed by atoms with Crippen LogP contribution in [0.25, 0.3) is 0 Å². The predicted molar refractivity (Wildman–Crippen MR) is 56.0 cm³/mol. The van der Waals surface area contributed by atoms with E-state index in [1.165, 1.54) is 0 Å². The van der Waals surface area contributed by atoms with E-state index in [0.29, 0.717) is 12.8 Å². The summed E-state index contributed by atoms with van der Waals surface area (Å²) in [6.07, 6.45) is 8.26. The summed E-state index contributed by atoms with van der Waals surface area (Å²) in [5.41, 5.74) is 0.922. The maximum absolute atomic E-state index is 11.5. The zero-order valence-electron chi connectivity index (χ0n) is 8.79. The van der Waals surface area contributed by atoms with E-state index < -0.39 is 0 Å². The number of hydrogen-bond acceptors (Lipinski definition) is 2. The molecule has 2 nitrogen and oxygen atoms in total. The van der Waals surface area contributed by atoms with Crippen molar-refractivity contribution in [3.8, 4) is 0 Å². The maximum atomic E-state index is 11.5. The number of carbonyl (C=O) groups is 2. The first-order valence-electron chi connectivity index (χ1n) is 5.46. The van der Waals surface area contributed by atoms with E-state index in [2.05, 4.69) is 6.92 Å². The SMILES string of the molecule is CCCC/C=C1\C(=O)CC[C@H]1CC=O. The number of unbranched alkanes of at least 4 members (excludes halogenated alkanes) is 2. The van der Waals surface area contributed by atoms with Crippen molar-refractivity contribution in [2.75, 3.05) is 0 Å². The van der Waals surface area contributed by atoms with Gasteiger partial charge in [-0.25, -0.2) is 0 Å². The van der Waals surface area contributed by atoms with Crippen LogP contribution in [0.5, 0.6) is 0 Å². The molecule has 1 saturated carbocycles. The molecule has 0 saturated heterocycles. The van der Waals surface area contributed by atoms with Crippen LogP contribution in [0.2, 0.25) is 0 Å². The minimum absolute atomic E-state index is 0.219. The Morgan fingerprint density at radius 3 is 2.93 bits per heavy atom. The van der Waals surface area contributed by atoms with Crippen molar-refractivity contribution in [2.24, 2.45) is 5.92 Å². The van der Waals surface area contributed by atoms with Gasteiger partial charge in [-0.05, 0) is 24.3 Å². The second-order valence-electron chi connectivity index (χ2n) is 3.86. The van der Waals surface area contributed by atoms with E-state index in [4.69, 9.17) is 0 Å². The molecule has 0 aromatic carbocycles. The molecule has 0 unspecified atom stereocenters. The average Bonchev–Trinajstić information content (AvgIpc) is 2.50. The molecule has 1 fully saturated rings.